The average molecular weight is 619 g/mol. The molecule has 3 aromatic carbocycles. The summed E-state index contributed by atoms with van der Waals surface area (Å²) in [6.45, 7) is 9.10. The number of primary amides is 1. The smallest absolute Gasteiger partial charge is 0.408 e. The van der Waals surface area contributed by atoms with Crippen molar-refractivity contribution in [2.75, 3.05) is 11.9 Å². The Morgan fingerprint density at radius 2 is 1.67 bits per heavy atom. The molecule has 3 aromatic rings. The molecule has 0 spiro atoms. The van der Waals surface area contributed by atoms with Crippen molar-refractivity contribution < 1.29 is 29.0 Å². The number of carbonyl (C=O) groups excluding carboxylic acids is 4. The fraction of sp³-hybridized carbons (Fsp3) is 0.429. The molecule has 10 nitrogen and oxygen atoms in total. The molecule has 242 valence electrons. The molecule has 0 fully saturated rings. The SMILES string of the molecule is CCCCCCN(C(=O)C(CCC(N)=O)NC(=O)OC(C)(C)C)C(C(=O)Nc1ccc2ccccc2c1)c1ccc(O)c(C)c1. The largest absolute Gasteiger partial charge is 0.508 e. The maximum atomic E-state index is 14.4. The molecule has 2 unspecified atom stereocenters. The van der Waals surface area contributed by atoms with Crippen molar-refractivity contribution in [2.24, 2.45) is 5.73 Å². The third kappa shape index (κ3) is 10.5. The third-order valence-electron chi connectivity index (χ3n) is 7.32. The minimum Gasteiger partial charge on any atom is -0.508 e. The number of anilines is 1. The van der Waals surface area contributed by atoms with Gasteiger partial charge in [-0.3, -0.25) is 14.4 Å². The van der Waals surface area contributed by atoms with Crippen molar-refractivity contribution >= 4 is 40.3 Å². The van der Waals surface area contributed by atoms with Crippen molar-refractivity contribution in [1.29, 1.82) is 0 Å². The van der Waals surface area contributed by atoms with Crippen molar-refractivity contribution in [3.8, 4) is 5.75 Å². The second-order valence-electron chi connectivity index (χ2n) is 12.3. The van der Waals surface area contributed by atoms with Crippen LogP contribution >= 0.6 is 0 Å². The van der Waals surface area contributed by atoms with Gasteiger partial charge in [0.25, 0.3) is 5.91 Å². The van der Waals surface area contributed by atoms with Crippen molar-refractivity contribution in [1.82, 2.24) is 10.2 Å². The number of aromatic hydroxyl groups is 1. The van der Waals surface area contributed by atoms with Gasteiger partial charge in [0.1, 0.15) is 23.4 Å². The minimum absolute atomic E-state index is 0.0548. The van der Waals surface area contributed by atoms with E-state index in [1.54, 1.807) is 45.9 Å². The summed E-state index contributed by atoms with van der Waals surface area (Å²) in [7, 11) is 0. The molecule has 10 heteroatoms. The molecule has 0 radical (unpaired) electrons. The van der Waals surface area contributed by atoms with E-state index in [1.165, 1.54) is 11.0 Å². The topological polar surface area (TPSA) is 151 Å². The van der Waals surface area contributed by atoms with Crippen LogP contribution in [-0.2, 0) is 19.1 Å². The van der Waals surface area contributed by atoms with E-state index in [1.807, 2.05) is 36.4 Å². The molecular formula is C35H46N4O6. The van der Waals surface area contributed by atoms with Crippen LogP contribution in [0, 0.1) is 6.92 Å². The minimum atomic E-state index is -1.19. The van der Waals surface area contributed by atoms with Crippen LogP contribution in [-0.4, -0.2) is 52.0 Å². The highest BCUT2D eigenvalue weighted by Crippen LogP contribution is 2.30. The van der Waals surface area contributed by atoms with E-state index in [2.05, 4.69) is 17.6 Å². The summed E-state index contributed by atoms with van der Waals surface area (Å²) in [6, 6.07) is 15.8. The first-order chi connectivity index (χ1) is 21.3. The predicted molar refractivity (Wildman–Crippen MR) is 176 cm³/mol. The molecule has 0 aromatic heterocycles. The van der Waals surface area contributed by atoms with Crippen LogP contribution in [0.4, 0.5) is 10.5 Å². The van der Waals surface area contributed by atoms with Gasteiger partial charge in [-0.05, 0) is 86.7 Å². The number of nitrogens with one attached hydrogen (secondary N) is 2. The lowest BCUT2D eigenvalue weighted by molar-refractivity contribution is -0.141. The van der Waals surface area contributed by atoms with Gasteiger partial charge in [-0.1, -0.05) is 62.6 Å². The van der Waals surface area contributed by atoms with Gasteiger partial charge < -0.3 is 31.1 Å². The highest BCUT2D eigenvalue weighted by atomic mass is 16.6. The average Bonchev–Trinajstić information content (AvgIpc) is 2.97. The summed E-state index contributed by atoms with van der Waals surface area (Å²) >= 11 is 0. The van der Waals surface area contributed by atoms with Gasteiger partial charge in [0.05, 0.1) is 0 Å². The number of amides is 4. The first kappa shape index (κ1) is 34.9. The van der Waals surface area contributed by atoms with Gasteiger partial charge in [0.15, 0.2) is 0 Å². The molecule has 0 aliphatic heterocycles. The summed E-state index contributed by atoms with van der Waals surface area (Å²) in [5.41, 5.74) is 6.17. The molecule has 2 atom stereocenters. The zero-order chi connectivity index (χ0) is 33.1. The monoisotopic (exact) mass is 618 g/mol. The lowest BCUT2D eigenvalue weighted by Gasteiger charge is -2.35. The van der Waals surface area contributed by atoms with E-state index in [0.717, 1.165) is 30.0 Å². The van der Waals surface area contributed by atoms with Gasteiger partial charge in [0.2, 0.25) is 11.8 Å². The Balaban J connectivity index is 2.07. The van der Waals surface area contributed by atoms with E-state index in [-0.39, 0.29) is 25.1 Å². The van der Waals surface area contributed by atoms with Crippen LogP contribution < -0.4 is 16.4 Å². The van der Waals surface area contributed by atoms with Crippen molar-refractivity contribution in [3.05, 3.63) is 71.8 Å². The number of fused-ring (bicyclic) bond motifs is 1. The molecule has 4 amide bonds. The molecule has 0 aliphatic rings. The summed E-state index contributed by atoms with van der Waals surface area (Å²) in [6.07, 6.45) is 2.27. The number of carbonyl (C=O) groups is 4. The number of nitrogens with two attached hydrogens (primary N) is 1. The Bertz CT molecular complexity index is 1500. The number of rotatable bonds is 14. The van der Waals surface area contributed by atoms with Crippen LogP contribution in [0.15, 0.2) is 60.7 Å². The van der Waals surface area contributed by atoms with Crippen LogP contribution in [0.2, 0.25) is 0 Å². The third-order valence-corrected chi connectivity index (χ3v) is 7.32. The lowest BCUT2D eigenvalue weighted by Crippen LogP contribution is -2.52. The summed E-state index contributed by atoms with van der Waals surface area (Å²) < 4.78 is 5.41. The summed E-state index contributed by atoms with van der Waals surface area (Å²) in [5, 5.41) is 17.8. The number of phenols is 1. The van der Waals surface area contributed by atoms with Crippen LogP contribution in [0.25, 0.3) is 10.8 Å². The van der Waals surface area contributed by atoms with Gasteiger partial charge in [-0.15, -0.1) is 0 Å². The molecule has 0 bridgehead atoms. The number of nitrogens with zero attached hydrogens (tertiary/aromatic N) is 1. The fourth-order valence-electron chi connectivity index (χ4n) is 5.07. The maximum Gasteiger partial charge on any atom is 0.408 e. The van der Waals surface area contributed by atoms with Gasteiger partial charge in [-0.2, -0.15) is 0 Å². The van der Waals surface area contributed by atoms with Crippen molar-refractivity contribution in [3.63, 3.8) is 0 Å². The molecule has 0 saturated heterocycles. The Morgan fingerprint density at radius 1 is 0.956 bits per heavy atom. The lowest BCUT2D eigenvalue weighted by atomic mass is 9.98. The standard InChI is InChI=1S/C35H46N4O6/c1-6-7-8-11-20-39(33(43)28(17-19-30(36)41)38-34(44)45-35(3,4)5)31(26-15-18-29(40)23(2)21-26)32(42)37-27-16-14-24-12-9-10-13-25(24)22-27/h9-10,12-16,18,21-22,28,31,40H,6-8,11,17,19-20H2,1-5H3,(H2,36,41)(H,37,42)(H,38,44). The number of unbranched alkanes of at least 4 members (excludes halogenated alkanes) is 3. The Morgan fingerprint density at radius 3 is 2.31 bits per heavy atom. The molecule has 0 heterocycles. The van der Waals surface area contributed by atoms with E-state index in [4.69, 9.17) is 10.5 Å². The van der Waals surface area contributed by atoms with Gasteiger partial charge in [0, 0.05) is 18.7 Å². The van der Waals surface area contributed by atoms with E-state index in [0.29, 0.717) is 23.2 Å². The fourth-order valence-corrected chi connectivity index (χ4v) is 5.07. The number of benzene rings is 3. The second-order valence-corrected chi connectivity index (χ2v) is 12.3. The van der Waals surface area contributed by atoms with E-state index < -0.39 is 41.5 Å². The Kier molecular flexibility index (Phi) is 12.3. The van der Waals surface area contributed by atoms with Gasteiger partial charge in [-0.25, -0.2) is 4.79 Å². The van der Waals surface area contributed by atoms with E-state index in [9.17, 15) is 24.3 Å². The number of aryl methyl sites for hydroxylation is 1. The molecule has 5 N–H and O–H groups in total. The Hall–Kier alpha value is -4.60. The van der Waals surface area contributed by atoms with Crippen LogP contribution in [0.3, 0.4) is 0 Å². The highest BCUT2D eigenvalue weighted by Gasteiger charge is 2.36. The number of hydrogen-bond acceptors (Lipinski definition) is 6. The number of hydrogen-bond donors (Lipinski definition) is 4. The zero-order valence-electron chi connectivity index (χ0n) is 26.9. The predicted octanol–water partition coefficient (Wildman–Crippen LogP) is 6.10. The second kappa shape index (κ2) is 15.9. The zero-order valence-corrected chi connectivity index (χ0v) is 26.9. The first-order valence-corrected chi connectivity index (χ1v) is 15.5. The molecule has 45 heavy (non-hydrogen) atoms. The molecule has 0 aliphatic carbocycles. The first-order valence-electron chi connectivity index (χ1n) is 15.5. The van der Waals surface area contributed by atoms with E-state index >= 15 is 0 Å². The quantitative estimate of drug-likeness (QED) is 0.160. The van der Waals surface area contributed by atoms with Crippen LogP contribution in [0.1, 0.15) is 83.4 Å². The normalized spacial score (nSPS) is 12.6. The maximum absolute atomic E-state index is 14.4. The van der Waals surface area contributed by atoms with Crippen molar-refractivity contribution in [2.45, 2.75) is 90.8 Å². The molecule has 3 rings (SSSR count). The summed E-state index contributed by atoms with van der Waals surface area (Å²) in [4.78, 5) is 54.6. The summed E-state index contributed by atoms with van der Waals surface area (Å²) in [5.74, 6) is -1.60. The number of alkyl carbamates (subject to hydrolysis) is 1. The molecular weight excluding hydrogens is 572 g/mol. The number of phenolic OH excluding ortho intramolecular Hbond substituents is 1. The molecule has 0 saturated carbocycles. The van der Waals surface area contributed by atoms with Gasteiger partial charge >= 0.3 is 6.09 Å². The Labute approximate surface area is 265 Å². The highest BCUT2D eigenvalue weighted by molar-refractivity contribution is 6.00. The number of ether oxygens (including phenoxy) is 1. The van der Waals surface area contributed by atoms with Crippen LogP contribution in [0.5, 0.6) is 5.75 Å².